The minimum atomic E-state index is -0.276. The predicted molar refractivity (Wildman–Crippen MR) is 181 cm³/mol. The molecule has 0 aliphatic carbocycles. The summed E-state index contributed by atoms with van der Waals surface area (Å²) < 4.78 is 11.7. The zero-order chi connectivity index (χ0) is 32.6. The quantitative estimate of drug-likeness (QED) is 0.172. The van der Waals surface area contributed by atoms with Crippen LogP contribution in [-0.4, -0.2) is 74.0 Å². The van der Waals surface area contributed by atoms with Crippen molar-refractivity contribution in [2.75, 3.05) is 50.6 Å². The topological polar surface area (TPSA) is 116 Å². The number of unbranched alkanes of at least 4 members (excludes halogenated alkanes) is 2. The standard InChI is InChI=1S/C36H43N5O5/c1-24-12-15-31(33(21-24)46-20-7-5-6-11-34(42)41-19-18-37-23-25(41)2)40(3)36(44)26-13-14-30(32(22-26)45-4)39-35(43)28-9-8-10-29-27(28)16-17-38-29/h8-10,12-17,21-22,25,37-38H,5-7,11,18-20,23H2,1-4H3,(H,39,43). The molecule has 1 aromatic heterocycles. The molecule has 1 aliphatic heterocycles. The van der Waals surface area contributed by atoms with E-state index < -0.39 is 0 Å². The van der Waals surface area contributed by atoms with E-state index in [2.05, 4.69) is 22.5 Å². The van der Waals surface area contributed by atoms with Gasteiger partial charge in [0.15, 0.2) is 0 Å². The molecule has 0 saturated carbocycles. The van der Waals surface area contributed by atoms with Gasteiger partial charge in [-0.3, -0.25) is 14.4 Å². The number of carbonyl (C=O) groups is 3. The van der Waals surface area contributed by atoms with Gasteiger partial charge in [-0.15, -0.1) is 0 Å². The second kappa shape index (κ2) is 15.0. The number of aromatic nitrogens is 1. The molecule has 3 amide bonds. The molecule has 2 heterocycles. The van der Waals surface area contributed by atoms with Crippen LogP contribution in [0.25, 0.3) is 10.9 Å². The highest BCUT2D eigenvalue weighted by Gasteiger charge is 2.23. The van der Waals surface area contributed by atoms with Crippen molar-refractivity contribution in [3.05, 3.63) is 83.6 Å². The molecule has 1 saturated heterocycles. The van der Waals surface area contributed by atoms with Crippen molar-refractivity contribution in [3.8, 4) is 11.5 Å². The molecule has 46 heavy (non-hydrogen) atoms. The Morgan fingerprint density at radius 3 is 2.67 bits per heavy atom. The Morgan fingerprint density at radius 2 is 1.87 bits per heavy atom. The molecular formula is C36H43N5O5. The second-order valence-electron chi connectivity index (χ2n) is 11.7. The highest BCUT2D eigenvalue weighted by molar-refractivity contribution is 6.13. The number of nitrogens with zero attached hydrogens (tertiary/aromatic N) is 2. The number of H-pyrrole nitrogens is 1. The summed E-state index contributed by atoms with van der Waals surface area (Å²) in [5, 5.41) is 7.06. The second-order valence-corrected chi connectivity index (χ2v) is 11.7. The number of amides is 3. The van der Waals surface area contributed by atoms with Gasteiger partial charge in [0, 0.05) is 67.4 Å². The van der Waals surface area contributed by atoms with Gasteiger partial charge >= 0.3 is 0 Å². The third-order valence-electron chi connectivity index (χ3n) is 8.43. The van der Waals surface area contributed by atoms with Crippen molar-refractivity contribution in [1.29, 1.82) is 0 Å². The number of rotatable bonds is 12. The van der Waals surface area contributed by atoms with Crippen LogP contribution in [0.5, 0.6) is 11.5 Å². The number of carbonyl (C=O) groups excluding carboxylic acids is 3. The highest BCUT2D eigenvalue weighted by atomic mass is 16.5. The van der Waals surface area contributed by atoms with E-state index >= 15 is 0 Å². The van der Waals surface area contributed by atoms with Gasteiger partial charge in [-0.2, -0.15) is 0 Å². The van der Waals surface area contributed by atoms with Gasteiger partial charge in [0.2, 0.25) is 5.91 Å². The molecule has 1 fully saturated rings. The summed E-state index contributed by atoms with van der Waals surface area (Å²) in [6.45, 7) is 7.01. The normalized spacial score (nSPS) is 14.6. The zero-order valence-corrected chi connectivity index (χ0v) is 27.0. The van der Waals surface area contributed by atoms with Crippen LogP contribution in [0.2, 0.25) is 0 Å². The fourth-order valence-corrected chi connectivity index (χ4v) is 5.81. The predicted octanol–water partition coefficient (Wildman–Crippen LogP) is 5.77. The molecule has 1 atom stereocenters. The van der Waals surface area contributed by atoms with Crippen molar-refractivity contribution in [1.82, 2.24) is 15.2 Å². The summed E-state index contributed by atoms with van der Waals surface area (Å²) >= 11 is 0. The van der Waals surface area contributed by atoms with E-state index in [1.54, 1.807) is 42.4 Å². The molecule has 0 bridgehead atoms. The summed E-state index contributed by atoms with van der Waals surface area (Å²) in [4.78, 5) is 46.0. The first-order chi connectivity index (χ1) is 22.3. The van der Waals surface area contributed by atoms with E-state index in [0.29, 0.717) is 47.0 Å². The fraction of sp³-hybridized carbons (Fsp3) is 0.361. The van der Waals surface area contributed by atoms with E-state index in [9.17, 15) is 14.4 Å². The number of methoxy groups -OCH3 is 1. The van der Waals surface area contributed by atoms with Crippen LogP contribution in [0.4, 0.5) is 11.4 Å². The third-order valence-corrected chi connectivity index (χ3v) is 8.43. The SMILES string of the molecule is COc1cc(C(=O)N(C)c2ccc(C)cc2OCCCCCC(=O)N2CCNCC2C)ccc1NC(=O)c1cccc2[nH]ccc12. The average molecular weight is 626 g/mol. The lowest BCUT2D eigenvalue weighted by Crippen LogP contribution is -2.52. The maximum absolute atomic E-state index is 13.6. The lowest BCUT2D eigenvalue weighted by molar-refractivity contribution is -0.134. The molecule has 3 N–H and O–H groups in total. The minimum Gasteiger partial charge on any atom is -0.495 e. The number of hydrogen-bond acceptors (Lipinski definition) is 6. The Bertz CT molecular complexity index is 1700. The molecule has 0 radical (unpaired) electrons. The van der Waals surface area contributed by atoms with Gasteiger partial charge in [0.05, 0.1) is 25.1 Å². The number of ether oxygens (including phenoxy) is 2. The van der Waals surface area contributed by atoms with Gasteiger partial charge in [-0.05, 0) is 87.2 Å². The molecule has 5 rings (SSSR count). The lowest BCUT2D eigenvalue weighted by atomic mass is 10.1. The number of hydrogen-bond donors (Lipinski definition) is 3. The molecule has 10 nitrogen and oxygen atoms in total. The van der Waals surface area contributed by atoms with Crippen LogP contribution in [-0.2, 0) is 4.79 Å². The molecule has 1 aliphatic rings. The number of anilines is 2. The largest absolute Gasteiger partial charge is 0.495 e. The Hall–Kier alpha value is -4.83. The zero-order valence-electron chi connectivity index (χ0n) is 27.0. The van der Waals surface area contributed by atoms with E-state index in [1.165, 1.54) is 7.11 Å². The number of aryl methyl sites for hydroxylation is 1. The molecule has 3 aromatic carbocycles. The van der Waals surface area contributed by atoms with Gasteiger partial charge in [0.1, 0.15) is 11.5 Å². The van der Waals surface area contributed by atoms with Crippen molar-refractivity contribution in [2.24, 2.45) is 0 Å². The lowest BCUT2D eigenvalue weighted by Gasteiger charge is -2.34. The highest BCUT2D eigenvalue weighted by Crippen LogP contribution is 2.32. The number of aromatic amines is 1. The smallest absolute Gasteiger partial charge is 0.258 e. The average Bonchev–Trinajstić information content (AvgIpc) is 3.55. The Kier molecular flexibility index (Phi) is 10.6. The first-order valence-corrected chi connectivity index (χ1v) is 15.8. The molecular weight excluding hydrogens is 582 g/mol. The van der Waals surface area contributed by atoms with Crippen molar-refractivity contribution < 1.29 is 23.9 Å². The van der Waals surface area contributed by atoms with Gasteiger partial charge in [0.25, 0.3) is 11.8 Å². The molecule has 1 unspecified atom stereocenters. The summed E-state index contributed by atoms with van der Waals surface area (Å²) in [6.07, 6.45) is 4.84. The van der Waals surface area contributed by atoms with E-state index in [1.807, 2.05) is 48.2 Å². The van der Waals surface area contributed by atoms with E-state index in [4.69, 9.17) is 9.47 Å². The number of fused-ring (bicyclic) bond motifs is 1. The van der Waals surface area contributed by atoms with Crippen molar-refractivity contribution >= 4 is 40.0 Å². The first kappa shape index (κ1) is 32.6. The molecule has 4 aromatic rings. The monoisotopic (exact) mass is 625 g/mol. The first-order valence-electron chi connectivity index (χ1n) is 15.8. The van der Waals surface area contributed by atoms with Crippen LogP contribution in [0.3, 0.4) is 0 Å². The third kappa shape index (κ3) is 7.51. The fourth-order valence-electron chi connectivity index (χ4n) is 5.81. The van der Waals surface area contributed by atoms with Crippen LogP contribution in [0.1, 0.15) is 58.9 Å². The summed E-state index contributed by atoms with van der Waals surface area (Å²) in [7, 11) is 3.21. The van der Waals surface area contributed by atoms with Crippen LogP contribution in [0.15, 0.2) is 66.9 Å². The molecule has 0 spiro atoms. The number of benzene rings is 3. The summed E-state index contributed by atoms with van der Waals surface area (Å²) in [6, 6.07) is 18.3. The number of piperazine rings is 1. The van der Waals surface area contributed by atoms with Gasteiger partial charge in [-0.1, -0.05) is 12.1 Å². The van der Waals surface area contributed by atoms with Crippen molar-refractivity contribution in [2.45, 2.75) is 45.6 Å². The van der Waals surface area contributed by atoms with Crippen molar-refractivity contribution in [3.63, 3.8) is 0 Å². The minimum absolute atomic E-state index is 0.220. The molecule has 10 heteroatoms. The van der Waals surface area contributed by atoms with Gasteiger partial charge in [-0.25, -0.2) is 0 Å². The van der Waals surface area contributed by atoms with E-state index in [-0.39, 0.29) is 23.8 Å². The summed E-state index contributed by atoms with van der Waals surface area (Å²) in [5.74, 6) is 0.692. The Labute approximate surface area is 270 Å². The van der Waals surface area contributed by atoms with Crippen LogP contribution < -0.4 is 25.0 Å². The van der Waals surface area contributed by atoms with Gasteiger partial charge < -0.3 is 34.9 Å². The maximum atomic E-state index is 13.6. The van der Waals surface area contributed by atoms with Crippen LogP contribution in [0, 0.1) is 6.92 Å². The summed E-state index contributed by atoms with van der Waals surface area (Å²) in [5.41, 5.74) is 3.94. The Morgan fingerprint density at radius 1 is 1.02 bits per heavy atom. The van der Waals surface area contributed by atoms with Crippen LogP contribution >= 0.6 is 0 Å². The Balaban J connectivity index is 1.19. The number of nitrogens with one attached hydrogen (secondary N) is 3. The molecule has 242 valence electrons. The van der Waals surface area contributed by atoms with E-state index in [0.717, 1.165) is 55.4 Å². The maximum Gasteiger partial charge on any atom is 0.258 e.